The van der Waals surface area contributed by atoms with Crippen LogP contribution in [0.2, 0.25) is 5.15 Å². The molecule has 0 saturated carbocycles. The Morgan fingerprint density at radius 1 is 1.08 bits per heavy atom. The quantitative estimate of drug-likeness (QED) is 0.372. The van der Waals surface area contributed by atoms with Gasteiger partial charge in [-0.05, 0) is 25.0 Å². The summed E-state index contributed by atoms with van der Waals surface area (Å²) < 4.78 is 0.220. The van der Waals surface area contributed by atoms with E-state index in [0.717, 1.165) is 36.4 Å². The molecule has 0 radical (unpaired) electrons. The van der Waals surface area contributed by atoms with Gasteiger partial charge in [-0.1, -0.05) is 56.3 Å². The Labute approximate surface area is 160 Å². The number of aromatic nitrogens is 1. The van der Waals surface area contributed by atoms with E-state index in [1.165, 1.54) is 25.7 Å². The zero-order valence-corrected chi connectivity index (χ0v) is 16.4. The molecule has 0 saturated heterocycles. The van der Waals surface area contributed by atoms with Crippen LogP contribution in [0, 0.1) is 0 Å². The molecule has 0 bridgehead atoms. The monoisotopic (exact) mass is 372 g/mol. The van der Waals surface area contributed by atoms with Crippen molar-refractivity contribution in [2.45, 2.75) is 45.4 Å². The Hall–Kier alpha value is -1.91. The van der Waals surface area contributed by atoms with Crippen molar-refractivity contribution in [3.8, 4) is 0 Å². The lowest BCUT2D eigenvalue weighted by Gasteiger charge is -2.30. The predicted molar refractivity (Wildman–Crippen MR) is 109 cm³/mol. The van der Waals surface area contributed by atoms with Crippen molar-refractivity contribution in [3.63, 3.8) is 0 Å². The Kier molecular flexibility index (Phi) is 5.94. The molecule has 1 aliphatic heterocycles. The van der Waals surface area contributed by atoms with Gasteiger partial charge in [0.2, 0.25) is 0 Å². The van der Waals surface area contributed by atoms with Gasteiger partial charge in [-0.2, -0.15) is 0 Å². The molecular formula is C21H27ClN3O+. The van der Waals surface area contributed by atoms with E-state index in [1.807, 2.05) is 37.4 Å². The van der Waals surface area contributed by atoms with E-state index >= 15 is 0 Å². The van der Waals surface area contributed by atoms with Crippen molar-refractivity contribution >= 4 is 34.6 Å². The molecule has 1 aromatic carbocycles. The average Bonchev–Trinajstić information content (AvgIpc) is 2.72. The van der Waals surface area contributed by atoms with Crippen molar-refractivity contribution in [2.75, 3.05) is 18.9 Å². The maximum atomic E-state index is 13.4. The molecule has 0 fully saturated rings. The van der Waals surface area contributed by atoms with E-state index in [-0.39, 0.29) is 10.4 Å². The van der Waals surface area contributed by atoms with Crippen LogP contribution in [0.15, 0.2) is 36.5 Å². The minimum absolute atomic E-state index is 0.101. The number of anilines is 2. The number of unbranched alkanes of at least 4 members (excludes halogenated alkanes) is 5. The van der Waals surface area contributed by atoms with Crippen LogP contribution >= 0.6 is 11.6 Å². The Bertz CT molecular complexity index is 793. The van der Waals surface area contributed by atoms with Crippen molar-refractivity contribution < 1.29 is 4.79 Å². The van der Waals surface area contributed by atoms with Gasteiger partial charge in [0.1, 0.15) is 16.4 Å². The minimum Gasteiger partial charge on any atom is -0.350 e. The third-order valence-corrected chi connectivity index (χ3v) is 5.42. The van der Waals surface area contributed by atoms with Crippen molar-refractivity contribution in [1.82, 2.24) is 9.47 Å². The van der Waals surface area contributed by atoms with Crippen LogP contribution in [0.25, 0.3) is 0 Å². The fraction of sp³-hybridized carbons (Fsp3) is 0.429. The smallest absolute Gasteiger partial charge is 0.350 e. The number of fused-ring (bicyclic) bond motifs is 2. The standard InChI is InChI=1S/C21H26ClN3O/c1-3-4-5-6-7-10-13-25(2)19-15-23-20(22)14-18(19)24-17-12-9-8-11-16(17)21(25)26/h8-9,11-12,14-15H,3-7,10,13H2,1-2H3/p+1. The molecule has 1 aliphatic rings. The number of carbonyl (C=O) groups excluding carboxylic acids is 1. The van der Waals surface area contributed by atoms with Crippen LogP contribution in [0.1, 0.15) is 55.8 Å². The van der Waals surface area contributed by atoms with Crippen LogP contribution in [-0.2, 0) is 0 Å². The number of hydrogen-bond acceptors (Lipinski definition) is 3. The van der Waals surface area contributed by atoms with Gasteiger partial charge in [0.05, 0.1) is 25.5 Å². The number of quaternary nitrogens is 1. The summed E-state index contributed by atoms with van der Waals surface area (Å²) in [5.41, 5.74) is 3.28. The highest BCUT2D eigenvalue weighted by molar-refractivity contribution is 6.30. The Morgan fingerprint density at radius 2 is 1.81 bits per heavy atom. The predicted octanol–water partition coefficient (Wildman–Crippen LogP) is 5.93. The summed E-state index contributed by atoms with van der Waals surface area (Å²) in [6.45, 7) is 2.99. The lowest BCUT2D eigenvalue weighted by molar-refractivity contribution is 0.0800. The summed E-state index contributed by atoms with van der Waals surface area (Å²) >= 11 is 6.12. The summed E-state index contributed by atoms with van der Waals surface area (Å²) in [6.07, 6.45) is 8.92. The van der Waals surface area contributed by atoms with Gasteiger partial charge < -0.3 is 5.32 Å². The molecule has 5 heteroatoms. The number of hydrogen-bond donors (Lipinski definition) is 1. The first-order valence-corrected chi connectivity index (χ1v) is 9.86. The van der Waals surface area contributed by atoms with Crippen LogP contribution in [0.4, 0.5) is 17.1 Å². The largest absolute Gasteiger partial charge is 0.352 e. The van der Waals surface area contributed by atoms with Gasteiger partial charge in [-0.3, -0.25) is 0 Å². The third-order valence-electron chi connectivity index (χ3n) is 5.22. The average molecular weight is 373 g/mol. The number of carbonyl (C=O) groups is 1. The van der Waals surface area contributed by atoms with Gasteiger partial charge in [0.25, 0.3) is 0 Å². The van der Waals surface area contributed by atoms with Crippen molar-refractivity contribution in [1.29, 1.82) is 0 Å². The summed E-state index contributed by atoms with van der Waals surface area (Å²) in [4.78, 5) is 17.7. The van der Waals surface area contributed by atoms with Crippen molar-refractivity contribution in [2.24, 2.45) is 0 Å². The molecule has 2 heterocycles. The summed E-state index contributed by atoms with van der Waals surface area (Å²) in [6, 6.07) is 9.48. The molecule has 1 unspecified atom stereocenters. The van der Waals surface area contributed by atoms with E-state index < -0.39 is 0 Å². The highest BCUT2D eigenvalue weighted by Gasteiger charge is 2.41. The first-order valence-electron chi connectivity index (χ1n) is 9.49. The second-order valence-corrected chi connectivity index (χ2v) is 7.57. The van der Waals surface area contributed by atoms with Gasteiger partial charge in [0.15, 0.2) is 5.69 Å². The fourth-order valence-electron chi connectivity index (χ4n) is 3.65. The molecule has 1 N–H and O–H groups in total. The van der Waals surface area contributed by atoms with E-state index in [2.05, 4.69) is 17.2 Å². The van der Waals surface area contributed by atoms with Crippen LogP contribution < -0.4 is 9.80 Å². The topological polar surface area (TPSA) is 42.0 Å². The van der Waals surface area contributed by atoms with Gasteiger partial charge in [-0.15, -0.1) is 0 Å². The van der Waals surface area contributed by atoms with E-state index in [4.69, 9.17) is 11.6 Å². The van der Waals surface area contributed by atoms with Crippen molar-refractivity contribution in [3.05, 3.63) is 47.2 Å². The number of amides is 1. The second-order valence-electron chi connectivity index (χ2n) is 7.18. The van der Waals surface area contributed by atoms with E-state index in [1.54, 1.807) is 6.20 Å². The first kappa shape index (κ1) is 18.9. The maximum absolute atomic E-state index is 13.4. The summed E-state index contributed by atoms with van der Waals surface area (Å²) in [5, 5.41) is 3.81. The zero-order valence-electron chi connectivity index (χ0n) is 15.6. The molecule has 1 aromatic heterocycles. The number of nitrogens with zero attached hydrogens (tertiary/aromatic N) is 2. The van der Waals surface area contributed by atoms with E-state index in [0.29, 0.717) is 10.7 Å². The summed E-state index contributed by atoms with van der Waals surface area (Å²) in [7, 11) is 1.99. The number of pyridine rings is 1. The molecule has 2 aromatic rings. The maximum Gasteiger partial charge on any atom is 0.352 e. The molecule has 0 aliphatic carbocycles. The normalized spacial score (nSPS) is 18.7. The number of nitrogens with one attached hydrogen (secondary N) is 1. The molecule has 1 amide bonds. The highest BCUT2D eigenvalue weighted by Crippen LogP contribution is 2.40. The molecular weight excluding hydrogens is 346 g/mol. The van der Waals surface area contributed by atoms with Crippen LogP contribution in [0.5, 0.6) is 0 Å². The number of halogens is 1. The second kappa shape index (κ2) is 8.19. The van der Waals surface area contributed by atoms with Crippen LogP contribution in [0.3, 0.4) is 0 Å². The number of rotatable bonds is 7. The fourth-order valence-corrected chi connectivity index (χ4v) is 3.80. The molecule has 4 nitrogen and oxygen atoms in total. The Morgan fingerprint density at radius 3 is 2.62 bits per heavy atom. The molecule has 26 heavy (non-hydrogen) atoms. The minimum atomic E-state index is 0.101. The molecule has 1 atom stereocenters. The highest BCUT2D eigenvalue weighted by atomic mass is 35.5. The lowest BCUT2D eigenvalue weighted by Crippen LogP contribution is -2.51. The third kappa shape index (κ3) is 3.76. The Balaban J connectivity index is 1.90. The molecule has 3 rings (SSSR count). The van der Waals surface area contributed by atoms with Gasteiger partial charge in [0, 0.05) is 6.07 Å². The zero-order chi connectivity index (χ0) is 18.6. The SMILES string of the molecule is CCCCCCCC[N+]1(C)C(=O)c2ccccc2Nc2cc(Cl)ncc21. The summed E-state index contributed by atoms with van der Waals surface area (Å²) in [5.74, 6) is 0.101. The van der Waals surface area contributed by atoms with Gasteiger partial charge in [-0.25, -0.2) is 14.3 Å². The first-order chi connectivity index (χ1) is 12.6. The number of para-hydroxylation sites is 1. The van der Waals surface area contributed by atoms with E-state index in [9.17, 15) is 4.79 Å². The molecule has 138 valence electrons. The molecule has 0 spiro atoms. The van der Waals surface area contributed by atoms with Gasteiger partial charge >= 0.3 is 5.91 Å². The number of benzene rings is 1. The van der Waals surface area contributed by atoms with Crippen LogP contribution in [-0.4, -0.2) is 24.5 Å². The lowest BCUT2D eigenvalue weighted by atomic mass is 10.1.